The minimum atomic E-state index is -0.282. The second-order valence-corrected chi connectivity index (χ2v) is 6.29. The van der Waals surface area contributed by atoms with Crippen molar-refractivity contribution in [3.05, 3.63) is 75.4 Å². The Balaban J connectivity index is 2.17. The molecular formula is C21H22O2. The first-order chi connectivity index (χ1) is 11.0. The van der Waals surface area contributed by atoms with Crippen LogP contribution in [0.3, 0.4) is 0 Å². The van der Waals surface area contributed by atoms with Gasteiger partial charge in [-0.25, -0.2) is 4.79 Å². The number of allylic oxidation sites excluding steroid dienone is 1. The Labute approximate surface area is 137 Å². The summed E-state index contributed by atoms with van der Waals surface area (Å²) < 4.78 is 4.87. The van der Waals surface area contributed by atoms with Crippen LogP contribution in [0, 0.1) is 20.8 Å². The number of aryl methyl sites for hydroxylation is 4. The van der Waals surface area contributed by atoms with Crippen LogP contribution in [0.1, 0.15) is 50.2 Å². The zero-order valence-corrected chi connectivity index (χ0v) is 14.2. The average Bonchev–Trinajstić information content (AvgIpc) is 2.53. The van der Waals surface area contributed by atoms with Gasteiger partial charge in [0.05, 0.1) is 12.7 Å². The summed E-state index contributed by atoms with van der Waals surface area (Å²) in [5.41, 5.74) is 9.45. The number of hydrogen-bond donors (Lipinski definition) is 0. The summed E-state index contributed by atoms with van der Waals surface area (Å²) in [5, 5.41) is 0. The van der Waals surface area contributed by atoms with Gasteiger partial charge in [0.15, 0.2) is 0 Å². The molecule has 0 aromatic heterocycles. The lowest BCUT2D eigenvalue weighted by Gasteiger charge is -2.22. The van der Waals surface area contributed by atoms with Crippen LogP contribution in [-0.2, 0) is 11.2 Å². The average molecular weight is 306 g/mol. The van der Waals surface area contributed by atoms with Crippen molar-refractivity contribution < 1.29 is 9.53 Å². The van der Waals surface area contributed by atoms with E-state index in [-0.39, 0.29) is 5.97 Å². The highest BCUT2D eigenvalue weighted by Crippen LogP contribution is 2.36. The van der Waals surface area contributed by atoms with E-state index in [4.69, 9.17) is 4.74 Å². The Kier molecular flexibility index (Phi) is 4.08. The summed E-state index contributed by atoms with van der Waals surface area (Å²) >= 11 is 0. The Bertz CT molecular complexity index is 790. The lowest BCUT2D eigenvalue weighted by molar-refractivity contribution is 0.0600. The quantitative estimate of drug-likeness (QED) is 0.747. The molecule has 0 heterocycles. The fraction of sp³-hybridized carbons (Fsp3) is 0.286. The van der Waals surface area contributed by atoms with E-state index in [1.807, 2.05) is 12.1 Å². The maximum atomic E-state index is 11.9. The number of benzene rings is 2. The van der Waals surface area contributed by atoms with E-state index in [9.17, 15) is 4.79 Å². The molecule has 0 atom stereocenters. The van der Waals surface area contributed by atoms with E-state index in [1.165, 1.54) is 40.5 Å². The minimum absolute atomic E-state index is 0.282. The molecule has 2 aromatic rings. The molecule has 0 unspecified atom stereocenters. The standard InChI is InChI=1S/C21H22O2/c1-13-10-14(2)20(15(3)11-13)18-7-5-6-16-8-9-17(12-19(16)18)21(22)23-4/h7-12H,5-6H2,1-4H3. The van der Waals surface area contributed by atoms with Crippen LogP contribution in [0.5, 0.6) is 0 Å². The molecule has 0 saturated heterocycles. The molecule has 2 heteroatoms. The number of esters is 1. The highest BCUT2D eigenvalue weighted by Gasteiger charge is 2.19. The minimum Gasteiger partial charge on any atom is -0.465 e. The van der Waals surface area contributed by atoms with Crippen molar-refractivity contribution in [1.29, 1.82) is 0 Å². The molecule has 23 heavy (non-hydrogen) atoms. The highest BCUT2D eigenvalue weighted by atomic mass is 16.5. The predicted octanol–water partition coefficient (Wildman–Crippen LogP) is 4.78. The summed E-state index contributed by atoms with van der Waals surface area (Å²) in [6, 6.07) is 10.4. The van der Waals surface area contributed by atoms with Crippen molar-refractivity contribution in [3.63, 3.8) is 0 Å². The number of hydrogen-bond acceptors (Lipinski definition) is 2. The molecule has 1 aliphatic rings. The molecule has 0 spiro atoms. The van der Waals surface area contributed by atoms with Crippen molar-refractivity contribution in [2.45, 2.75) is 33.6 Å². The van der Waals surface area contributed by atoms with E-state index in [1.54, 1.807) is 0 Å². The van der Waals surface area contributed by atoms with Gasteiger partial charge in [-0.05, 0) is 79.1 Å². The van der Waals surface area contributed by atoms with Gasteiger partial charge in [-0.2, -0.15) is 0 Å². The van der Waals surface area contributed by atoms with E-state index in [0.29, 0.717) is 5.56 Å². The van der Waals surface area contributed by atoms with E-state index in [2.05, 4.69) is 45.0 Å². The van der Waals surface area contributed by atoms with E-state index < -0.39 is 0 Å². The molecule has 0 N–H and O–H groups in total. The second kappa shape index (κ2) is 6.04. The van der Waals surface area contributed by atoms with Crippen LogP contribution in [0.25, 0.3) is 5.57 Å². The Hall–Kier alpha value is -2.35. The molecule has 0 fully saturated rings. The van der Waals surface area contributed by atoms with Gasteiger partial charge >= 0.3 is 5.97 Å². The monoisotopic (exact) mass is 306 g/mol. The lowest BCUT2D eigenvalue weighted by Crippen LogP contribution is -2.08. The van der Waals surface area contributed by atoms with Gasteiger partial charge in [-0.1, -0.05) is 29.8 Å². The molecule has 1 aliphatic carbocycles. The van der Waals surface area contributed by atoms with Gasteiger partial charge < -0.3 is 4.74 Å². The zero-order valence-electron chi connectivity index (χ0n) is 14.2. The molecule has 2 nitrogen and oxygen atoms in total. The summed E-state index contributed by atoms with van der Waals surface area (Å²) in [4.78, 5) is 11.9. The van der Waals surface area contributed by atoms with Gasteiger partial charge in [0.25, 0.3) is 0 Å². The number of rotatable bonds is 2. The van der Waals surface area contributed by atoms with Crippen LogP contribution in [0.2, 0.25) is 0 Å². The van der Waals surface area contributed by atoms with E-state index in [0.717, 1.165) is 18.4 Å². The first-order valence-corrected chi connectivity index (χ1v) is 8.01. The lowest BCUT2D eigenvalue weighted by atomic mass is 9.82. The largest absolute Gasteiger partial charge is 0.465 e. The first-order valence-electron chi connectivity index (χ1n) is 8.01. The Morgan fingerprint density at radius 1 is 1.04 bits per heavy atom. The van der Waals surface area contributed by atoms with Gasteiger partial charge in [0.1, 0.15) is 0 Å². The maximum Gasteiger partial charge on any atom is 0.337 e. The Morgan fingerprint density at radius 3 is 2.39 bits per heavy atom. The third-order valence-electron chi connectivity index (χ3n) is 4.53. The highest BCUT2D eigenvalue weighted by molar-refractivity contribution is 5.93. The predicted molar refractivity (Wildman–Crippen MR) is 93.8 cm³/mol. The third-order valence-corrected chi connectivity index (χ3v) is 4.53. The van der Waals surface area contributed by atoms with Crippen LogP contribution >= 0.6 is 0 Å². The summed E-state index contributed by atoms with van der Waals surface area (Å²) in [6.07, 6.45) is 4.35. The van der Waals surface area contributed by atoms with Crippen LogP contribution in [-0.4, -0.2) is 13.1 Å². The third kappa shape index (κ3) is 2.81. The topological polar surface area (TPSA) is 26.3 Å². The molecule has 0 radical (unpaired) electrons. The van der Waals surface area contributed by atoms with Crippen molar-refractivity contribution in [1.82, 2.24) is 0 Å². The number of methoxy groups -OCH3 is 1. The van der Waals surface area contributed by atoms with E-state index >= 15 is 0 Å². The fourth-order valence-corrected chi connectivity index (χ4v) is 3.61. The number of carbonyl (C=O) groups is 1. The molecule has 3 rings (SSSR count). The molecule has 0 aliphatic heterocycles. The maximum absolute atomic E-state index is 11.9. The van der Waals surface area contributed by atoms with Crippen molar-refractivity contribution in [2.24, 2.45) is 0 Å². The molecule has 0 amide bonds. The van der Waals surface area contributed by atoms with Crippen LogP contribution in [0.15, 0.2) is 36.4 Å². The molecule has 2 aromatic carbocycles. The number of fused-ring (bicyclic) bond motifs is 1. The number of ether oxygens (including phenoxy) is 1. The van der Waals surface area contributed by atoms with Gasteiger partial charge in [-0.3, -0.25) is 0 Å². The second-order valence-electron chi connectivity index (χ2n) is 6.29. The van der Waals surface area contributed by atoms with Gasteiger partial charge in [0, 0.05) is 0 Å². The molecular weight excluding hydrogens is 284 g/mol. The zero-order chi connectivity index (χ0) is 16.6. The number of carbonyl (C=O) groups excluding carboxylic acids is 1. The fourth-order valence-electron chi connectivity index (χ4n) is 3.61. The Morgan fingerprint density at radius 2 is 1.74 bits per heavy atom. The van der Waals surface area contributed by atoms with Crippen molar-refractivity contribution >= 4 is 11.5 Å². The van der Waals surface area contributed by atoms with Gasteiger partial charge in [0.2, 0.25) is 0 Å². The first kappa shape index (κ1) is 15.5. The summed E-state index contributed by atoms with van der Waals surface area (Å²) in [5.74, 6) is -0.282. The van der Waals surface area contributed by atoms with Crippen molar-refractivity contribution in [2.75, 3.05) is 7.11 Å². The van der Waals surface area contributed by atoms with Crippen LogP contribution in [0.4, 0.5) is 0 Å². The normalized spacial score (nSPS) is 13.3. The molecule has 0 saturated carbocycles. The van der Waals surface area contributed by atoms with Crippen LogP contribution < -0.4 is 0 Å². The molecule has 118 valence electrons. The smallest absolute Gasteiger partial charge is 0.337 e. The SMILES string of the molecule is COC(=O)c1ccc2c(c1)C(c1c(C)cc(C)cc1C)=CCC2. The summed E-state index contributed by atoms with van der Waals surface area (Å²) in [7, 11) is 1.42. The van der Waals surface area contributed by atoms with Gasteiger partial charge in [-0.15, -0.1) is 0 Å². The summed E-state index contributed by atoms with van der Waals surface area (Å²) in [6.45, 7) is 6.45. The molecule has 0 bridgehead atoms. The van der Waals surface area contributed by atoms with Crippen molar-refractivity contribution in [3.8, 4) is 0 Å².